The monoisotopic (exact) mass is 214 g/mol. The highest BCUT2D eigenvalue weighted by Gasteiger charge is 2.14. The summed E-state index contributed by atoms with van der Waals surface area (Å²) in [6, 6.07) is 0. The van der Waals surface area contributed by atoms with E-state index in [2.05, 4.69) is 10.2 Å². The van der Waals surface area contributed by atoms with Crippen LogP contribution in [0.3, 0.4) is 0 Å². The molecule has 0 radical (unpaired) electrons. The molecule has 78 valence electrons. The molecule has 14 heavy (non-hydrogen) atoms. The second-order valence-corrected chi connectivity index (χ2v) is 3.83. The van der Waals surface area contributed by atoms with Gasteiger partial charge < -0.3 is 5.84 Å². The molecule has 0 fully saturated rings. The zero-order valence-corrected chi connectivity index (χ0v) is 9.34. The fourth-order valence-electron chi connectivity index (χ4n) is 1.04. The molecule has 0 spiro atoms. The molecule has 1 atom stereocenters. The molecule has 0 aromatic carbocycles. The second kappa shape index (κ2) is 4.45. The Kier molecular flexibility index (Phi) is 3.51. The number of nitrogens with two attached hydrogens (primary N) is 1. The molecule has 1 unspecified atom stereocenters. The lowest BCUT2D eigenvalue weighted by Crippen LogP contribution is -2.34. The van der Waals surface area contributed by atoms with Gasteiger partial charge in [0.05, 0.1) is 0 Å². The van der Waals surface area contributed by atoms with Gasteiger partial charge in [0.15, 0.2) is 0 Å². The molecular formula is C8H14N4OS. The molecule has 5 nitrogen and oxygen atoms in total. The van der Waals surface area contributed by atoms with Crippen LogP contribution < -0.4 is 11.4 Å². The lowest BCUT2D eigenvalue weighted by molar-refractivity contribution is 0.609. The first kappa shape index (κ1) is 11.0. The predicted octanol–water partition coefficient (Wildman–Crippen LogP) is 0.588. The van der Waals surface area contributed by atoms with Crippen LogP contribution in [0.15, 0.2) is 9.95 Å². The summed E-state index contributed by atoms with van der Waals surface area (Å²) in [4.78, 5) is 11.7. The summed E-state index contributed by atoms with van der Waals surface area (Å²) in [6.07, 6.45) is 2.65. The van der Waals surface area contributed by atoms with Crippen LogP contribution in [0.2, 0.25) is 0 Å². The smallest absolute Gasteiger partial charge is 0.294 e. The Hall–Kier alpha value is -1.04. The van der Waals surface area contributed by atoms with E-state index in [-0.39, 0.29) is 11.5 Å². The molecule has 0 bridgehead atoms. The first-order valence-electron chi connectivity index (χ1n) is 4.40. The summed E-state index contributed by atoms with van der Waals surface area (Å²) in [7, 11) is 0. The molecule has 0 aliphatic carbocycles. The van der Waals surface area contributed by atoms with Crippen LogP contribution in [0.4, 0.5) is 0 Å². The van der Waals surface area contributed by atoms with Crippen LogP contribution in [0.5, 0.6) is 0 Å². The Balaban J connectivity index is 3.24. The van der Waals surface area contributed by atoms with E-state index in [1.54, 1.807) is 6.26 Å². The van der Waals surface area contributed by atoms with Crippen molar-refractivity contribution in [2.45, 2.75) is 31.3 Å². The molecule has 0 aliphatic heterocycles. The minimum Gasteiger partial charge on any atom is -0.334 e. The molecule has 0 saturated carbocycles. The maximum absolute atomic E-state index is 11.7. The van der Waals surface area contributed by atoms with Crippen LogP contribution in [-0.4, -0.2) is 21.1 Å². The highest BCUT2D eigenvalue weighted by Crippen LogP contribution is 2.12. The number of nitrogens with zero attached hydrogens (tertiary/aromatic N) is 3. The van der Waals surface area contributed by atoms with Gasteiger partial charge in [-0.25, -0.2) is 0 Å². The molecule has 1 aromatic rings. The third-order valence-corrected chi connectivity index (χ3v) is 2.79. The van der Waals surface area contributed by atoms with Gasteiger partial charge in [0.25, 0.3) is 5.56 Å². The van der Waals surface area contributed by atoms with Gasteiger partial charge in [-0.1, -0.05) is 25.6 Å². The van der Waals surface area contributed by atoms with Crippen molar-refractivity contribution < 1.29 is 0 Å². The van der Waals surface area contributed by atoms with Gasteiger partial charge >= 0.3 is 0 Å². The quantitative estimate of drug-likeness (QED) is 0.588. The standard InChI is InChI=1S/C8H14N4OS/c1-4-5(2)6-7(13)12(9)8(14-3)11-10-6/h5H,4,9H2,1-3H3. The highest BCUT2D eigenvalue weighted by molar-refractivity contribution is 7.98. The highest BCUT2D eigenvalue weighted by atomic mass is 32.2. The number of nitrogen functional groups attached to an aromatic ring is 1. The van der Waals surface area contributed by atoms with E-state index in [9.17, 15) is 4.79 Å². The molecule has 2 N–H and O–H groups in total. The zero-order chi connectivity index (χ0) is 10.7. The van der Waals surface area contributed by atoms with Crippen LogP contribution >= 0.6 is 11.8 Å². The van der Waals surface area contributed by atoms with E-state index in [0.29, 0.717) is 10.9 Å². The Morgan fingerprint density at radius 3 is 2.71 bits per heavy atom. The fraction of sp³-hybridized carbons (Fsp3) is 0.625. The van der Waals surface area contributed by atoms with E-state index in [1.165, 1.54) is 11.8 Å². The van der Waals surface area contributed by atoms with Crippen LogP contribution in [0, 0.1) is 0 Å². The van der Waals surface area contributed by atoms with Crippen molar-refractivity contribution in [1.82, 2.24) is 14.9 Å². The number of hydrogen-bond acceptors (Lipinski definition) is 5. The summed E-state index contributed by atoms with van der Waals surface area (Å²) < 4.78 is 1.05. The van der Waals surface area contributed by atoms with Crippen LogP contribution in [0.25, 0.3) is 0 Å². The molecule has 0 amide bonds. The van der Waals surface area contributed by atoms with Crippen molar-refractivity contribution in [2.24, 2.45) is 0 Å². The number of hydrogen-bond donors (Lipinski definition) is 1. The van der Waals surface area contributed by atoms with Gasteiger partial charge in [-0.2, -0.15) is 4.68 Å². The average molecular weight is 214 g/mol. The maximum atomic E-state index is 11.7. The predicted molar refractivity (Wildman–Crippen MR) is 56.9 cm³/mol. The Labute approximate surface area is 86.7 Å². The number of rotatable bonds is 3. The molecule has 1 heterocycles. The Bertz CT molecular complexity index is 376. The molecule has 1 aromatic heterocycles. The lowest BCUT2D eigenvalue weighted by atomic mass is 10.1. The summed E-state index contributed by atoms with van der Waals surface area (Å²) >= 11 is 1.30. The maximum Gasteiger partial charge on any atom is 0.294 e. The largest absolute Gasteiger partial charge is 0.334 e. The third-order valence-electron chi connectivity index (χ3n) is 2.15. The topological polar surface area (TPSA) is 73.8 Å². The second-order valence-electron chi connectivity index (χ2n) is 3.06. The van der Waals surface area contributed by atoms with Crippen molar-refractivity contribution >= 4 is 11.8 Å². The van der Waals surface area contributed by atoms with E-state index >= 15 is 0 Å². The SMILES string of the molecule is CCC(C)c1nnc(SC)n(N)c1=O. The van der Waals surface area contributed by atoms with E-state index in [4.69, 9.17) is 5.84 Å². The molecule has 0 saturated heterocycles. The van der Waals surface area contributed by atoms with Gasteiger partial charge in [-0.05, 0) is 12.7 Å². The van der Waals surface area contributed by atoms with E-state index in [1.807, 2.05) is 13.8 Å². The molecule has 1 rings (SSSR count). The number of thioether (sulfide) groups is 1. The van der Waals surface area contributed by atoms with Gasteiger partial charge in [0.2, 0.25) is 5.16 Å². The Morgan fingerprint density at radius 1 is 1.57 bits per heavy atom. The van der Waals surface area contributed by atoms with Crippen molar-refractivity contribution in [1.29, 1.82) is 0 Å². The lowest BCUT2D eigenvalue weighted by Gasteiger charge is -2.08. The minimum atomic E-state index is -0.251. The Morgan fingerprint density at radius 2 is 2.21 bits per heavy atom. The van der Waals surface area contributed by atoms with Gasteiger partial charge in [0.1, 0.15) is 5.69 Å². The molecule has 0 aliphatic rings. The van der Waals surface area contributed by atoms with Gasteiger partial charge in [-0.15, -0.1) is 10.2 Å². The van der Waals surface area contributed by atoms with Crippen molar-refractivity contribution in [3.8, 4) is 0 Å². The van der Waals surface area contributed by atoms with E-state index in [0.717, 1.165) is 11.1 Å². The van der Waals surface area contributed by atoms with Gasteiger partial charge in [-0.3, -0.25) is 4.79 Å². The normalized spacial score (nSPS) is 12.8. The summed E-state index contributed by atoms with van der Waals surface area (Å²) in [6.45, 7) is 3.93. The fourth-order valence-corrected chi connectivity index (χ4v) is 1.44. The van der Waals surface area contributed by atoms with Crippen LogP contribution in [-0.2, 0) is 0 Å². The number of aromatic nitrogens is 3. The first-order chi connectivity index (χ1) is 6.61. The van der Waals surface area contributed by atoms with E-state index < -0.39 is 0 Å². The molecule has 6 heteroatoms. The first-order valence-corrected chi connectivity index (χ1v) is 5.63. The van der Waals surface area contributed by atoms with Crippen molar-refractivity contribution in [3.05, 3.63) is 16.0 Å². The van der Waals surface area contributed by atoms with Crippen molar-refractivity contribution in [2.75, 3.05) is 12.1 Å². The summed E-state index contributed by atoms with van der Waals surface area (Å²) in [5, 5.41) is 8.21. The minimum absolute atomic E-state index is 0.0979. The summed E-state index contributed by atoms with van der Waals surface area (Å²) in [5.74, 6) is 5.67. The average Bonchev–Trinajstić information content (AvgIpc) is 2.21. The summed E-state index contributed by atoms with van der Waals surface area (Å²) in [5.41, 5.74) is 0.187. The van der Waals surface area contributed by atoms with Crippen LogP contribution in [0.1, 0.15) is 31.9 Å². The third kappa shape index (κ3) is 1.89. The van der Waals surface area contributed by atoms with Gasteiger partial charge in [0, 0.05) is 5.92 Å². The molecular weight excluding hydrogens is 200 g/mol. The zero-order valence-electron chi connectivity index (χ0n) is 8.52. The van der Waals surface area contributed by atoms with Crippen molar-refractivity contribution in [3.63, 3.8) is 0 Å².